The molecule has 2 aliphatic heterocycles. The van der Waals surface area contributed by atoms with Crippen LogP contribution in [0.25, 0.3) is 0 Å². The van der Waals surface area contributed by atoms with Crippen molar-refractivity contribution in [3.8, 4) is 11.8 Å². The van der Waals surface area contributed by atoms with E-state index in [0.717, 1.165) is 49.4 Å². The van der Waals surface area contributed by atoms with Gasteiger partial charge in [-0.1, -0.05) is 54.3 Å². The van der Waals surface area contributed by atoms with Crippen molar-refractivity contribution < 1.29 is 14.7 Å². The van der Waals surface area contributed by atoms with Gasteiger partial charge in [0.15, 0.2) is 6.04 Å². The maximum atomic E-state index is 13.0. The Kier molecular flexibility index (Phi) is 6.86. The number of carboxylic acids is 1. The molecule has 0 radical (unpaired) electrons. The molecule has 5 rings (SSSR count). The maximum Gasteiger partial charge on any atom is 0.331 e. The van der Waals surface area contributed by atoms with Crippen molar-refractivity contribution in [3.05, 3.63) is 106 Å². The van der Waals surface area contributed by atoms with E-state index in [1.54, 1.807) is 30.3 Å². The highest BCUT2D eigenvalue weighted by atomic mass is 16.4. The van der Waals surface area contributed by atoms with Gasteiger partial charge < -0.3 is 14.9 Å². The number of carbonyl (C=O) groups is 2. The summed E-state index contributed by atoms with van der Waals surface area (Å²) in [5, 5.41) is 9.85. The van der Waals surface area contributed by atoms with Crippen molar-refractivity contribution in [1.82, 2.24) is 14.7 Å². The number of fused-ring (bicyclic) bond motifs is 1. The largest absolute Gasteiger partial charge is 0.479 e. The van der Waals surface area contributed by atoms with Gasteiger partial charge in [-0.05, 0) is 54.1 Å². The zero-order valence-electron chi connectivity index (χ0n) is 20.4. The number of carboxylic acid groups (broad SMARTS) is 1. The van der Waals surface area contributed by atoms with Crippen LogP contribution in [0.2, 0.25) is 0 Å². The summed E-state index contributed by atoms with van der Waals surface area (Å²) in [6, 6.07) is 21.7. The highest BCUT2D eigenvalue weighted by Gasteiger charge is 2.37. The number of hydrogen-bond donors (Lipinski definition) is 1. The van der Waals surface area contributed by atoms with Crippen molar-refractivity contribution in [3.63, 3.8) is 0 Å². The predicted molar refractivity (Wildman–Crippen MR) is 138 cm³/mol. The Balaban J connectivity index is 1.28. The van der Waals surface area contributed by atoms with Gasteiger partial charge in [-0.25, -0.2) is 4.79 Å². The molecule has 1 N–H and O–H groups in total. The molecular formula is C30H29N3O3. The lowest BCUT2D eigenvalue weighted by Gasteiger charge is -2.32. The van der Waals surface area contributed by atoms with E-state index in [-0.39, 0.29) is 12.5 Å². The standard InChI is InChI=1S/C30H29N3O3/c1-31-15-17-32(18-16-31)20-24-11-8-22(9-12-24)7-10-23-13-14-27-26(19-23)21-33(29(27)34)28(30(35)36)25-5-3-2-4-6-25/h2-6,8-9,11-14,19,28H,15-18,20-21H2,1H3,(H,35,36). The molecule has 3 aromatic rings. The van der Waals surface area contributed by atoms with Gasteiger partial charge in [0.2, 0.25) is 0 Å². The van der Waals surface area contributed by atoms with E-state index < -0.39 is 12.0 Å². The third kappa shape index (κ3) is 5.18. The van der Waals surface area contributed by atoms with Crippen molar-refractivity contribution in [2.75, 3.05) is 33.2 Å². The molecule has 1 unspecified atom stereocenters. The van der Waals surface area contributed by atoms with E-state index in [4.69, 9.17) is 0 Å². The quantitative estimate of drug-likeness (QED) is 0.567. The van der Waals surface area contributed by atoms with Gasteiger partial charge in [0.1, 0.15) is 0 Å². The van der Waals surface area contributed by atoms with Crippen LogP contribution in [0.1, 0.15) is 44.2 Å². The summed E-state index contributed by atoms with van der Waals surface area (Å²) in [7, 11) is 2.16. The molecule has 6 nitrogen and oxygen atoms in total. The number of carbonyl (C=O) groups excluding carboxylic acids is 1. The molecule has 1 atom stereocenters. The molecule has 1 fully saturated rings. The minimum Gasteiger partial charge on any atom is -0.479 e. The van der Waals surface area contributed by atoms with Gasteiger partial charge in [0.25, 0.3) is 5.91 Å². The zero-order valence-corrected chi connectivity index (χ0v) is 20.4. The molecule has 0 bridgehead atoms. The molecule has 182 valence electrons. The van der Waals surface area contributed by atoms with Crippen LogP contribution >= 0.6 is 0 Å². The Bertz CT molecular complexity index is 1320. The normalized spacial score (nSPS) is 16.8. The van der Waals surface area contributed by atoms with Crippen LogP contribution in [0, 0.1) is 11.8 Å². The Labute approximate surface area is 211 Å². The molecule has 6 heteroatoms. The Morgan fingerprint density at radius 2 is 1.58 bits per heavy atom. The maximum absolute atomic E-state index is 13.0. The van der Waals surface area contributed by atoms with Gasteiger partial charge in [-0.2, -0.15) is 0 Å². The minimum absolute atomic E-state index is 0.247. The van der Waals surface area contributed by atoms with Gasteiger partial charge in [0, 0.05) is 56.0 Å². The number of rotatable bonds is 5. The van der Waals surface area contributed by atoms with Crippen molar-refractivity contribution >= 4 is 11.9 Å². The molecule has 0 saturated carbocycles. The average molecular weight is 480 g/mol. The number of amides is 1. The lowest BCUT2D eigenvalue weighted by Crippen LogP contribution is -2.43. The van der Waals surface area contributed by atoms with Gasteiger partial charge in [0.05, 0.1) is 0 Å². The summed E-state index contributed by atoms with van der Waals surface area (Å²) in [4.78, 5) is 31.3. The Morgan fingerprint density at radius 3 is 2.28 bits per heavy atom. The van der Waals surface area contributed by atoms with Crippen LogP contribution in [0.5, 0.6) is 0 Å². The molecular weight excluding hydrogens is 450 g/mol. The third-order valence-electron chi connectivity index (χ3n) is 6.91. The van der Waals surface area contributed by atoms with E-state index in [2.05, 4.69) is 40.8 Å². The third-order valence-corrected chi connectivity index (χ3v) is 6.91. The van der Waals surface area contributed by atoms with Gasteiger partial charge >= 0.3 is 5.97 Å². The fourth-order valence-corrected chi connectivity index (χ4v) is 4.82. The second-order valence-electron chi connectivity index (χ2n) is 9.48. The molecule has 2 heterocycles. The van der Waals surface area contributed by atoms with Crippen LogP contribution in [0.4, 0.5) is 0 Å². The first-order valence-electron chi connectivity index (χ1n) is 12.2. The molecule has 36 heavy (non-hydrogen) atoms. The Hall–Kier alpha value is -3.92. The zero-order chi connectivity index (χ0) is 25.1. The van der Waals surface area contributed by atoms with E-state index in [0.29, 0.717) is 11.1 Å². The van der Waals surface area contributed by atoms with Crippen molar-refractivity contribution in [2.24, 2.45) is 0 Å². The summed E-state index contributed by atoms with van der Waals surface area (Å²) < 4.78 is 0. The van der Waals surface area contributed by atoms with Crippen LogP contribution in [-0.2, 0) is 17.9 Å². The summed E-state index contributed by atoms with van der Waals surface area (Å²) in [6.07, 6.45) is 0. The lowest BCUT2D eigenvalue weighted by molar-refractivity contribution is -0.142. The first-order chi connectivity index (χ1) is 17.5. The molecule has 1 saturated heterocycles. The monoisotopic (exact) mass is 479 g/mol. The van der Waals surface area contributed by atoms with E-state index in [1.807, 2.05) is 30.3 Å². The summed E-state index contributed by atoms with van der Waals surface area (Å²) >= 11 is 0. The van der Waals surface area contributed by atoms with Crippen LogP contribution < -0.4 is 0 Å². The molecule has 0 aromatic heterocycles. The van der Waals surface area contributed by atoms with Crippen LogP contribution in [-0.4, -0.2) is 64.9 Å². The van der Waals surface area contributed by atoms with Crippen LogP contribution in [0.3, 0.4) is 0 Å². The molecule has 0 spiro atoms. The van der Waals surface area contributed by atoms with E-state index in [9.17, 15) is 14.7 Å². The summed E-state index contributed by atoms with van der Waals surface area (Å²) in [6.45, 7) is 5.60. The number of benzene rings is 3. The summed E-state index contributed by atoms with van der Waals surface area (Å²) in [5.41, 5.74) is 4.95. The predicted octanol–water partition coefficient (Wildman–Crippen LogP) is 3.62. The highest BCUT2D eigenvalue weighted by molar-refractivity contribution is 6.00. The average Bonchev–Trinajstić information content (AvgIpc) is 3.20. The highest BCUT2D eigenvalue weighted by Crippen LogP contribution is 2.32. The number of piperazine rings is 1. The Morgan fingerprint density at radius 1 is 0.917 bits per heavy atom. The molecule has 3 aromatic carbocycles. The second-order valence-corrected chi connectivity index (χ2v) is 9.48. The molecule has 1 amide bonds. The molecule has 2 aliphatic rings. The SMILES string of the molecule is CN1CCN(Cc2ccc(C#Cc3ccc4c(c3)CN(C(C(=O)O)c3ccccc3)C4=O)cc2)CC1. The van der Waals surface area contributed by atoms with Crippen LogP contribution in [0.15, 0.2) is 72.8 Å². The first-order valence-corrected chi connectivity index (χ1v) is 12.2. The summed E-state index contributed by atoms with van der Waals surface area (Å²) in [5.74, 6) is 5.10. The number of likely N-dealkylation sites (N-methyl/N-ethyl adjacent to an activating group) is 1. The number of hydrogen-bond acceptors (Lipinski definition) is 4. The first kappa shape index (κ1) is 23.8. The van der Waals surface area contributed by atoms with Gasteiger partial charge in [-0.15, -0.1) is 0 Å². The van der Waals surface area contributed by atoms with Crippen molar-refractivity contribution in [2.45, 2.75) is 19.1 Å². The fourth-order valence-electron chi connectivity index (χ4n) is 4.82. The smallest absolute Gasteiger partial charge is 0.331 e. The van der Waals surface area contributed by atoms with Crippen molar-refractivity contribution in [1.29, 1.82) is 0 Å². The lowest BCUT2D eigenvalue weighted by atomic mass is 10.1. The number of nitrogens with zero attached hydrogens (tertiary/aromatic N) is 3. The van der Waals surface area contributed by atoms with E-state index >= 15 is 0 Å². The topological polar surface area (TPSA) is 64.1 Å². The van der Waals surface area contributed by atoms with E-state index in [1.165, 1.54) is 10.5 Å². The molecule has 0 aliphatic carbocycles. The minimum atomic E-state index is -1.04. The fraction of sp³-hybridized carbons (Fsp3) is 0.267. The number of aliphatic carboxylic acids is 1. The second kappa shape index (κ2) is 10.4. The van der Waals surface area contributed by atoms with Gasteiger partial charge in [-0.3, -0.25) is 9.69 Å².